The predicted molar refractivity (Wildman–Crippen MR) is 50.9 cm³/mol. The van der Waals surface area contributed by atoms with Crippen LogP contribution in [0.1, 0.15) is 0 Å². The van der Waals surface area contributed by atoms with Crippen LogP contribution in [0.2, 0.25) is 0 Å². The molecule has 7 nitrogen and oxygen atoms in total. The van der Waals surface area contributed by atoms with Gasteiger partial charge in [0.25, 0.3) is 5.69 Å². The van der Waals surface area contributed by atoms with Gasteiger partial charge in [0.1, 0.15) is 0 Å². The van der Waals surface area contributed by atoms with E-state index in [9.17, 15) is 14.9 Å². The molecule has 0 spiro atoms. The highest BCUT2D eigenvalue weighted by Gasteiger charge is 2.05. The number of nitriles is 1. The highest BCUT2D eigenvalue weighted by Crippen LogP contribution is 2.14. The average Bonchev–Trinajstić information content (AvgIpc) is 2.18. The van der Waals surface area contributed by atoms with Crippen LogP contribution in [-0.4, -0.2) is 11.0 Å². The number of non-ortho nitro benzene ring substituents is 1. The van der Waals surface area contributed by atoms with Crippen molar-refractivity contribution in [2.75, 3.05) is 5.32 Å². The van der Waals surface area contributed by atoms with Gasteiger partial charge >= 0.3 is 6.03 Å². The van der Waals surface area contributed by atoms with Crippen molar-refractivity contribution >= 4 is 17.4 Å². The maximum atomic E-state index is 10.9. The molecule has 2 N–H and O–H groups in total. The maximum Gasteiger partial charge on any atom is 0.332 e. The van der Waals surface area contributed by atoms with Gasteiger partial charge in [-0.3, -0.25) is 10.1 Å². The molecule has 15 heavy (non-hydrogen) atoms. The lowest BCUT2D eigenvalue weighted by molar-refractivity contribution is -0.384. The Morgan fingerprint density at radius 1 is 1.40 bits per heavy atom. The molecule has 0 heterocycles. The summed E-state index contributed by atoms with van der Waals surface area (Å²) >= 11 is 0. The smallest absolute Gasteiger partial charge is 0.307 e. The summed E-state index contributed by atoms with van der Waals surface area (Å²) in [6.45, 7) is 0. The first kappa shape index (κ1) is 10.5. The molecule has 7 heteroatoms. The number of rotatable bonds is 2. The number of nitrogens with one attached hydrogen (secondary N) is 2. The zero-order valence-corrected chi connectivity index (χ0v) is 7.43. The number of nitrogens with zero attached hydrogens (tertiary/aromatic N) is 2. The van der Waals surface area contributed by atoms with Crippen LogP contribution in [0.15, 0.2) is 24.3 Å². The molecule has 0 saturated heterocycles. The van der Waals surface area contributed by atoms with Crippen LogP contribution in [0.3, 0.4) is 0 Å². The monoisotopic (exact) mass is 206 g/mol. The van der Waals surface area contributed by atoms with E-state index in [2.05, 4.69) is 5.32 Å². The molecule has 0 aliphatic rings. The largest absolute Gasteiger partial charge is 0.332 e. The minimum atomic E-state index is -0.689. The van der Waals surface area contributed by atoms with Gasteiger partial charge in [-0.25, -0.2) is 10.1 Å². The number of anilines is 1. The molecule has 1 rings (SSSR count). The second-order valence-corrected chi connectivity index (χ2v) is 2.49. The summed E-state index contributed by atoms with van der Waals surface area (Å²) in [4.78, 5) is 20.6. The van der Waals surface area contributed by atoms with Crippen molar-refractivity contribution in [2.45, 2.75) is 0 Å². The van der Waals surface area contributed by atoms with Crippen LogP contribution in [0, 0.1) is 21.6 Å². The molecule has 0 atom stereocenters. The molecule has 76 valence electrons. The number of nitro benzene ring substituents is 1. The fraction of sp³-hybridized carbons (Fsp3) is 0. The molecule has 0 fully saturated rings. The molecule has 0 unspecified atom stereocenters. The Hall–Kier alpha value is -2.62. The molecule has 2 amide bonds. The molecule has 0 bridgehead atoms. The van der Waals surface area contributed by atoms with Gasteiger partial charge in [-0.1, -0.05) is 0 Å². The van der Waals surface area contributed by atoms with Gasteiger partial charge in [0.05, 0.1) is 4.92 Å². The summed E-state index contributed by atoms with van der Waals surface area (Å²) < 4.78 is 0. The van der Waals surface area contributed by atoms with E-state index in [-0.39, 0.29) is 5.69 Å². The number of amides is 2. The highest BCUT2D eigenvalue weighted by atomic mass is 16.6. The Balaban J connectivity index is 2.69. The zero-order valence-electron chi connectivity index (χ0n) is 7.43. The summed E-state index contributed by atoms with van der Waals surface area (Å²) in [6.07, 6.45) is 1.45. The summed E-state index contributed by atoms with van der Waals surface area (Å²) in [5.74, 6) is 0. The third kappa shape index (κ3) is 2.96. The van der Waals surface area contributed by atoms with Gasteiger partial charge in [-0.05, 0) is 12.1 Å². The van der Waals surface area contributed by atoms with Crippen LogP contribution in [0.5, 0.6) is 0 Å². The molecular formula is C8H6N4O3. The second-order valence-electron chi connectivity index (χ2n) is 2.49. The summed E-state index contributed by atoms with van der Waals surface area (Å²) in [7, 11) is 0. The standard InChI is InChI=1S/C8H6N4O3/c9-5-10-8(13)11-6-1-3-7(4-2-6)12(14)15/h1-4H,(H2,10,11,13). The molecule has 0 saturated carbocycles. The molecule has 0 aliphatic heterocycles. The minimum absolute atomic E-state index is 0.0683. The van der Waals surface area contributed by atoms with Gasteiger partial charge in [0, 0.05) is 17.8 Å². The van der Waals surface area contributed by atoms with Gasteiger partial charge in [-0.15, -0.1) is 0 Å². The van der Waals surface area contributed by atoms with Gasteiger partial charge in [-0.2, -0.15) is 5.26 Å². The van der Waals surface area contributed by atoms with E-state index in [1.165, 1.54) is 30.5 Å². The van der Waals surface area contributed by atoms with E-state index >= 15 is 0 Å². The van der Waals surface area contributed by atoms with E-state index in [1.807, 2.05) is 5.32 Å². The van der Waals surface area contributed by atoms with Crippen LogP contribution in [-0.2, 0) is 0 Å². The number of benzene rings is 1. The third-order valence-corrected chi connectivity index (χ3v) is 1.51. The van der Waals surface area contributed by atoms with Crippen molar-refractivity contribution in [3.63, 3.8) is 0 Å². The first-order valence-corrected chi connectivity index (χ1v) is 3.84. The Kier molecular flexibility index (Phi) is 3.19. The van der Waals surface area contributed by atoms with E-state index < -0.39 is 11.0 Å². The van der Waals surface area contributed by atoms with E-state index in [0.29, 0.717) is 5.69 Å². The number of nitro groups is 1. The normalized spacial score (nSPS) is 8.73. The zero-order chi connectivity index (χ0) is 11.3. The lowest BCUT2D eigenvalue weighted by Gasteiger charge is -2.01. The number of hydrogen-bond donors (Lipinski definition) is 2. The summed E-state index contributed by atoms with van der Waals surface area (Å²) in [5, 5.41) is 22.6. The molecule has 1 aromatic rings. The predicted octanol–water partition coefficient (Wildman–Crippen LogP) is 1.20. The molecule has 0 aliphatic carbocycles. The lowest BCUT2D eigenvalue weighted by Crippen LogP contribution is -2.23. The minimum Gasteiger partial charge on any atom is -0.307 e. The molecular weight excluding hydrogens is 200 g/mol. The fourth-order valence-corrected chi connectivity index (χ4v) is 0.880. The third-order valence-electron chi connectivity index (χ3n) is 1.51. The van der Waals surface area contributed by atoms with Crippen molar-refractivity contribution in [1.29, 1.82) is 5.26 Å². The van der Waals surface area contributed by atoms with E-state index in [0.717, 1.165) is 0 Å². The molecule has 0 radical (unpaired) electrons. The van der Waals surface area contributed by atoms with Crippen molar-refractivity contribution < 1.29 is 9.72 Å². The SMILES string of the molecule is N#CNC(=O)Nc1ccc([N+](=O)[O-])cc1. The van der Waals surface area contributed by atoms with Crippen LogP contribution < -0.4 is 10.6 Å². The van der Waals surface area contributed by atoms with Crippen molar-refractivity contribution in [3.8, 4) is 6.19 Å². The first-order valence-electron chi connectivity index (χ1n) is 3.84. The summed E-state index contributed by atoms with van der Waals surface area (Å²) in [5.41, 5.74) is 0.301. The number of carbonyl (C=O) groups excluding carboxylic acids is 1. The Labute approximate surface area is 84.5 Å². The topological polar surface area (TPSA) is 108 Å². The van der Waals surface area contributed by atoms with Crippen LogP contribution >= 0.6 is 0 Å². The van der Waals surface area contributed by atoms with Crippen molar-refractivity contribution in [1.82, 2.24) is 5.32 Å². The lowest BCUT2D eigenvalue weighted by atomic mass is 10.3. The van der Waals surface area contributed by atoms with Crippen molar-refractivity contribution in [3.05, 3.63) is 34.4 Å². The first-order chi connectivity index (χ1) is 7.13. The Morgan fingerprint density at radius 2 is 2.00 bits per heavy atom. The quantitative estimate of drug-likeness (QED) is 0.328. The van der Waals surface area contributed by atoms with Crippen LogP contribution in [0.25, 0.3) is 0 Å². The van der Waals surface area contributed by atoms with E-state index in [4.69, 9.17) is 5.26 Å². The molecule has 1 aromatic carbocycles. The van der Waals surface area contributed by atoms with Gasteiger partial charge in [0.15, 0.2) is 6.19 Å². The fourth-order valence-electron chi connectivity index (χ4n) is 0.880. The number of carbonyl (C=O) groups is 1. The Bertz CT molecular complexity index is 421. The number of hydrogen-bond acceptors (Lipinski definition) is 4. The van der Waals surface area contributed by atoms with Gasteiger partial charge < -0.3 is 5.32 Å². The number of urea groups is 1. The maximum absolute atomic E-state index is 10.9. The van der Waals surface area contributed by atoms with Gasteiger partial charge in [0.2, 0.25) is 0 Å². The second kappa shape index (κ2) is 4.57. The Morgan fingerprint density at radius 3 is 2.47 bits per heavy atom. The van der Waals surface area contributed by atoms with Crippen LogP contribution in [0.4, 0.5) is 16.2 Å². The van der Waals surface area contributed by atoms with E-state index in [1.54, 1.807) is 0 Å². The average molecular weight is 206 g/mol. The van der Waals surface area contributed by atoms with Crippen molar-refractivity contribution in [2.24, 2.45) is 0 Å². The highest BCUT2D eigenvalue weighted by molar-refractivity contribution is 5.90. The summed E-state index contributed by atoms with van der Waals surface area (Å²) in [6, 6.07) is 4.56. The molecule has 0 aromatic heterocycles.